The van der Waals surface area contributed by atoms with Crippen molar-refractivity contribution in [3.63, 3.8) is 0 Å². The fourth-order valence-corrected chi connectivity index (χ4v) is 3.27. The maximum atomic E-state index is 10.5. The van der Waals surface area contributed by atoms with Gasteiger partial charge in [0.2, 0.25) is 0 Å². The maximum Gasteiger partial charge on any atom is 0.328 e. The number of hydrogen-bond donors (Lipinski definition) is 1. The van der Waals surface area contributed by atoms with Crippen molar-refractivity contribution in [3.8, 4) is 5.75 Å². The van der Waals surface area contributed by atoms with Gasteiger partial charge in [-0.15, -0.1) is 0 Å². The van der Waals surface area contributed by atoms with E-state index in [1.165, 1.54) is 12.5 Å². The lowest BCUT2D eigenvalue weighted by molar-refractivity contribution is -0.131. The fourth-order valence-electron chi connectivity index (χ4n) is 3.03. The molecule has 0 bridgehead atoms. The Hall–Kier alpha value is -1.48. The first-order valence-electron chi connectivity index (χ1n) is 7.31. The van der Waals surface area contributed by atoms with Gasteiger partial charge < -0.3 is 9.84 Å². The normalized spacial score (nSPS) is 26.0. The average Bonchev–Trinajstić information content (AvgIpc) is 2.38. The van der Waals surface area contributed by atoms with E-state index in [2.05, 4.69) is 13.8 Å². The third-order valence-corrected chi connectivity index (χ3v) is 4.10. The lowest BCUT2D eigenvalue weighted by Crippen LogP contribution is -2.28. The molecule has 1 aliphatic carbocycles. The molecule has 4 heteroatoms. The predicted molar refractivity (Wildman–Crippen MR) is 84.7 cm³/mol. The molecular formula is C17H21ClO3. The molecule has 1 fully saturated rings. The van der Waals surface area contributed by atoms with Crippen LogP contribution in [0.5, 0.6) is 5.75 Å². The van der Waals surface area contributed by atoms with Gasteiger partial charge >= 0.3 is 5.97 Å². The quantitative estimate of drug-likeness (QED) is 0.824. The Morgan fingerprint density at radius 1 is 1.29 bits per heavy atom. The summed E-state index contributed by atoms with van der Waals surface area (Å²) in [6.07, 6.45) is 6.19. The van der Waals surface area contributed by atoms with E-state index in [1.54, 1.807) is 6.07 Å². The van der Waals surface area contributed by atoms with E-state index in [9.17, 15) is 4.79 Å². The summed E-state index contributed by atoms with van der Waals surface area (Å²) in [4.78, 5) is 10.5. The second-order valence-electron chi connectivity index (χ2n) is 6.02. The number of rotatable bonds is 4. The summed E-state index contributed by atoms with van der Waals surface area (Å²) in [7, 11) is 0. The van der Waals surface area contributed by atoms with Crippen LogP contribution in [0, 0.1) is 11.8 Å². The van der Waals surface area contributed by atoms with Gasteiger partial charge in [-0.05, 0) is 54.9 Å². The standard InChI is InChI=1S/C17H21ClO3/c1-11-7-12(2)9-14(8-11)21-16-5-3-13(10-15(16)18)4-6-17(19)20/h3-6,10-12,14H,7-9H2,1-2H3,(H,19,20). The largest absolute Gasteiger partial charge is 0.489 e. The van der Waals surface area contributed by atoms with Gasteiger partial charge in [0.05, 0.1) is 11.1 Å². The molecule has 2 atom stereocenters. The molecule has 1 saturated carbocycles. The van der Waals surface area contributed by atoms with E-state index >= 15 is 0 Å². The van der Waals surface area contributed by atoms with E-state index in [-0.39, 0.29) is 6.10 Å². The van der Waals surface area contributed by atoms with Crippen LogP contribution in [0.1, 0.15) is 38.7 Å². The Labute approximate surface area is 130 Å². The van der Waals surface area contributed by atoms with E-state index in [4.69, 9.17) is 21.4 Å². The number of carbonyl (C=O) groups is 1. The molecule has 21 heavy (non-hydrogen) atoms. The van der Waals surface area contributed by atoms with Crippen LogP contribution >= 0.6 is 11.6 Å². The second kappa shape index (κ2) is 6.99. The highest BCUT2D eigenvalue weighted by Gasteiger charge is 2.25. The highest BCUT2D eigenvalue weighted by molar-refractivity contribution is 6.32. The van der Waals surface area contributed by atoms with E-state index in [1.807, 2.05) is 12.1 Å². The molecule has 3 nitrogen and oxygen atoms in total. The van der Waals surface area contributed by atoms with Crippen LogP contribution in [0.15, 0.2) is 24.3 Å². The summed E-state index contributed by atoms with van der Waals surface area (Å²) >= 11 is 6.23. The molecule has 0 radical (unpaired) electrons. The molecule has 1 aromatic carbocycles. The summed E-state index contributed by atoms with van der Waals surface area (Å²) in [6, 6.07) is 5.36. The Morgan fingerprint density at radius 3 is 2.52 bits per heavy atom. The first-order chi connectivity index (χ1) is 9.94. The van der Waals surface area contributed by atoms with Gasteiger partial charge in [-0.1, -0.05) is 31.5 Å². The van der Waals surface area contributed by atoms with Crippen LogP contribution in [-0.2, 0) is 4.79 Å². The topological polar surface area (TPSA) is 46.5 Å². The zero-order chi connectivity index (χ0) is 15.4. The average molecular weight is 309 g/mol. The van der Waals surface area contributed by atoms with Crippen molar-refractivity contribution in [1.82, 2.24) is 0 Å². The molecule has 1 aromatic rings. The summed E-state index contributed by atoms with van der Waals surface area (Å²) in [6.45, 7) is 4.51. The van der Waals surface area contributed by atoms with Crippen LogP contribution in [0.2, 0.25) is 5.02 Å². The molecule has 1 aliphatic rings. The van der Waals surface area contributed by atoms with Crippen LogP contribution < -0.4 is 4.74 Å². The number of aliphatic carboxylic acids is 1. The van der Waals surface area contributed by atoms with Crippen LogP contribution in [0.3, 0.4) is 0 Å². The first-order valence-corrected chi connectivity index (χ1v) is 7.69. The van der Waals surface area contributed by atoms with Crippen LogP contribution in [-0.4, -0.2) is 17.2 Å². The molecular weight excluding hydrogens is 288 g/mol. The Kier molecular flexibility index (Phi) is 5.29. The van der Waals surface area contributed by atoms with Gasteiger partial charge in [0, 0.05) is 6.08 Å². The third-order valence-electron chi connectivity index (χ3n) is 3.80. The zero-order valence-electron chi connectivity index (χ0n) is 12.4. The predicted octanol–water partition coefficient (Wildman–Crippen LogP) is 4.64. The lowest BCUT2D eigenvalue weighted by atomic mass is 9.82. The van der Waals surface area contributed by atoms with Gasteiger partial charge in [0.15, 0.2) is 0 Å². The number of carboxylic acids is 1. The lowest BCUT2D eigenvalue weighted by Gasteiger charge is -2.31. The van der Waals surface area contributed by atoms with Crippen LogP contribution in [0.25, 0.3) is 6.08 Å². The number of hydrogen-bond acceptors (Lipinski definition) is 2. The Balaban J connectivity index is 2.05. The molecule has 0 heterocycles. The Bertz CT molecular complexity index is 529. The minimum Gasteiger partial charge on any atom is -0.489 e. The van der Waals surface area contributed by atoms with E-state index in [0.29, 0.717) is 22.6 Å². The molecule has 2 unspecified atom stereocenters. The fraction of sp³-hybridized carbons (Fsp3) is 0.471. The van der Waals surface area contributed by atoms with Crippen molar-refractivity contribution in [2.24, 2.45) is 11.8 Å². The van der Waals surface area contributed by atoms with Crippen molar-refractivity contribution in [2.75, 3.05) is 0 Å². The molecule has 0 amide bonds. The van der Waals surface area contributed by atoms with Gasteiger partial charge in [-0.3, -0.25) is 0 Å². The van der Waals surface area contributed by atoms with Crippen molar-refractivity contribution >= 4 is 23.6 Å². The maximum absolute atomic E-state index is 10.5. The van der Waals surface area contributed by atoms with Gasteiger partial charge in [-0.2, -0.15) is 0 Å². The summed E-state index contributed by atoms with van der Waals surface area (Å²) in [5.41, 5.74) is 0.750. The highest BCUT2D eigenvalue weighted by Crippen LogP contribution is 2.34. The zero-order valence-corrected chi connectivity index (χ0v) is 13.1. The minimum absolute atomic E-state index is 0.210. The van der Waals surface area contributed by atoms with Crippen molar-refractivity contribution < 1.29 is 14.6 Å². The second-order valence-corrected chi connectivity index (χ2v) is 6.43. The smallest absolute Gasteiger partial charge is 0.328 e. The number of ether oxygens (including phenoxy) is 1. The molecule has 1 N–H and O–H groups in total. The first kappa shape index (κ1) is 15.9. The summed E-state index contributed by atoms with van der Waals surface area (Å²) in [5, 5.41) is 9.14. The van der Waals surface area contributed by atoms with E-state index < -0.39 is 5.97 Å². The third kappa shape index (κ3) is 4.78. The van der Waals surface area contributed by atoms with Crippen molar-refractivity contribution in [3.05, 3.63) is 34.9 Å². The number of halogens is 1. The van der Waals surface area contributed by atoms with Crippen LogP contribution in [0.4, 0.5) is 0 Å². The van der Waals surface area contributed by atoms with E-state index in [0.717, 1.165) is 24.5 Å². The van der Waals surface area contributed by atoms with Gasteiger partial charge in [0.25, 0.3) is 0 Å². The number of benzene rings is 1. The molecule has 114 valence electrons. The van der Waals surface area contributed by atoms with Crippen molar-refractivity contribution in [2.45, 2.75) is 39.2 Å². The highest BCUT2D eigenvalue weighted by atomic mass is 35.5. The SMILES string of the molecule is CC1CC(C)CC(Oc2ccc(C=CC(=O)O)cc2Cl)C1. The monoisotopic (exact) mass is 308 g/mol. The van der Waals surface area contributed by atoms with Gasteiger partial charge in [0.1, 0.15) is 5.75 Å². The Morgan fingerprint density at radius 2 is 1.95 bits per heavy atom. The molecule has 0 aromatic heterocycles. The molecule has 0 aliphatic heterocycles. The van der Waals surface area contributed by atoms with Crippen molar-refractivity contribution in [1.29, 1.82) is 0 Å². The molecule has 2 rings (SSSR count). The molecule has 0 spiro atoms. The number of carboxylic acid groups (broad SMARTS) is 1. The minimum atomic E-state index is -0.975. The summed E-state index contributed by atoms with van der Waals surface area (Å²) < 4.78 is 6.04. The van der Waals surface area contributed by atoms with Gasteiger partial charge in [-0.25, -0.2) is 4.79 Å². The summed E-state index contributed by atoms with van der Waals surface area (Å²) in [5.74, 6) is 1.05. The molecule has 0 saturated heterocycles.